The summed E-state index contributed by atoms with van der Waals surface area (Å²) in [5.41, 5.74) is 1.23. The smallest absolute Gasteiger partial charge is 0.0784 e. The van der Waals surface area contributed by atoms with Gasteiger partial charge in [0.2, 0.25) is 0 Å². The molecule has 0 bridgehead atoms. The van der Waals surface area contributed by atoms with Crippen LogP contribution in [-0.2, 0) is 4.74 Å². The fourth-order valence-corrected chi connectivity index (χ4v) is 1.72. The van der Waals surface area contributed by atoms with Gasteiger partial charge in [0.25, 0.3) is 0 Å². The van der Waals surface area contributed by atoms with Gasteiger partial charge >= 0.3 is 0 Å². The first-order chi connectivity index (χ1) is 6.24. The van der Waals surface area contributed by atoms with Crippen LogP contribution in [0.15, 0.2) is 12.2 Å². The summed E-state index contributed by atoms with van der Waals surface area (Å²) in [7, 11) is 0. The van der Waals surface area contributed by atoms with Gasteiger partial charge in [-0.05, 0) is 37.2 Å². The Kier molecular flexibility index (Phi) is 4.46. The minimum Gasteiger partial charge on any atom is -0.396 e. The second-order valence-corrected chi connectivity index (χ2v) is 3.97. The highest BCUT2D eigenvalue weighted by Crippen LogP contribution is 2.29. The first-order valence-electron chi connectivity index (χ1n) is 5.14. The van der Waals surface area contributed by atoms with Crippen molar-refractivity contribution in [3.63, 3.8) is 0 Å². The van der Waals surface area contributed by atoms with Crippen LogP contribution in [0.3, 0.4) is 0 Å². The average molecular weight is 184 g/mol. The minimum absolute atomic E-state index is 0.217. The molecule has 1 aliphatic carbocycles. The van der Waals surface area contributed by atoms with Gasteiger partial charge in [0.1, 0.15) is 0 Å². The number of hydrogen-bond donors (Lipinski definition) is 1. The molecule has 0 aromatic heterocycles. The van der Waals surface area contributed by atoms with Crippen molar-refractivity contribution in [2.24, 2.45) is 5.92 Å². The molecule has 2 heteroatoms. The number of rotatable bonds is 4. The fourth-order valence-electron chi connectivity index (χ4n) is 1.72. The van der Waals surface area contributed by atoms with Gasteiger partial charge in [0.15, 0.2) is 0 Å². The van der Waals surface area contributed by atoms with Crippen molar-refractivity contribution in [1.29, 1.82) is 0 Å². The van der Waals surface area contributed by atoms with Gasteiger partial charge in [0, 0.05) is 13.2 Å². The van der Waals surface area contributed by atoms with Crippen molar-refractivity contribution in [3.05, 3.63) is 12.2 Å². The summed E-state index contributed by atoms with van der Waals surface area (Å²) in [6.07, 6.45) is 4.43. The Hall–Kier alpha value is -0.340. The summed E-state index contributed by atoms with van der Waals surface area (Å²) < 4.78 is 5.65. The van der Waals surface area contributed by atoms with Crippen molar-refractivity contribution in [3.8, 4) is 0 Å². The second kappa shape index (κ2) is 5.40. The standard InChI is InChI=1S/C11H20O2/c1-9-4-5-10(2)11(8-9)13-7-3-6-12/h9,11-12H,2-8H2,1H3. The van der Waals surface area contributed by atoms with E-state index < -0.39 is 0 Å². The van der Waals surface area contributed by atoms with E-state index in [9.17, 15) is 0 Å². The highest BCUT2D eigenvalue weighted by Gasteiger charge is 2.22. The monoisotopic (exact) mass is 184 g/mol. The molecule has 1 fully saturated rings. The average Bonchev–Trinajstić information content (AvgIpc) is 2.11. The molecule has 2 atom stereocenters. The van der Waals surface area contributed by atoms with Crippen LogP contribution < -0.4 is 0 Å². The predicted octanol–water partition coefficient (Wildman–Crippen LogP) is 2.13. The zero-order chi connectivity index (χ0) is 9.68. The first kappa shape index (κ1) is 10.7. The molecule has 76 valence electrons. The molecule has 1 saturated carbocycles. The molecule has 0 spiro atoms. The van der Waals surface area contributed by atoms with E-state index in [1.807, 2.05) is 0 Å². The van der Waals surface area contributed by atoms with E-state index in [0.717, 1.165) is 25.2 Å². The Balaban J connectivity index is 2.25. The Bertz CT molecular complexity index is 165. The van der Waals surface area contributed by atoms with E-state index in [0.29, 0.717) is 6.61 Å². The summed E-state index contributed by atoms with van der Waals surface area (Å²) in [5, 5.41) is 8.61. The highest BCUT2D eigenvalue weighted by atomic mass is 16.5. The molecule has 0 aromatic rings. The third-order valence-electron chi connectivity index (χ3n) is 2.65. The third-order valence-corrected chi connectivity index (χ3v) is 2.65. The molecule has 1 rings (SSSR count). The molecular weight excluding hydrogens is 164 g/mol. The summed E-state index contributed by atoms with van der Waals surface area (Å²) in [4.78, 5) is 0. The zero-order valence-electron chi connectivity index (χ0n) is 8.46. The molecule has 1 aliphatic rings. The van der Waals surface area contributed by atoms with E-state index in [1.54, 1.807) is 0 Å². The van der Waals surface area contributed by atoms with Crippen LogP contribution in [0.5, 0.6) is 0 Å². The Morgan fingerprint density at radius 1 is 1.62 bits per heavy atom. The van der Waals surface area contributed by atoms with Crippen LogP contribution in [0.2, 0.25) is 0 Å². The molecule has 0 radical (unpaired) electrons. The van der Waals surface area contributed by atoms with Gasteiger partial charge in [-0.15, -0.1) is 0 Å². The van der Waals surface area contributed by atoms with Crippen LogP contribution in [0, 0.1) is 5.92 Å². The fraction of sp³-hybridized carbons (Fsp3) is 0.818. The highest BCUT2D eigenvalue weighted by molar-refractivity contribution is 5.06. The second-order valence-electron chi connectivity index (χ2n) is 3.97. The molecule has 0 heterocycles. The normalized spacial score (nSPS) is 29.2. The van der Waals surface area contributed by atoms with Gasteiger partial charge in [-0.2, -0.15) is 0 Å². The SMILES string of the molecule is C=C1CCC(C)CC1OCCCO. The lowest BCUT2D eigenvalue weighted by Gasteiger charge is -2.29. The van der Waals surface area contributed by atoms with E-state index in [2.05, 4.69) is 13.5 Å². The Labute approximate surface area is 80.6 Å². The van der Waals surface area contributed by atoms with Gasteiger partial charge in [0.05, 0.1) is 6.10 Å². The first-order valence-corrected chi connectivity index (χ1v) is 5.14. The predicted molar refractivity (Wildman–Crippen MR) is 53.6 cm³/mol. The molecule has 0 amide bonds. The van der Waals surface area contributed by atoms with Crippen molar-refractivity contribution in [2.45, 2.75) is 38.7 Å². The number of aliphatic hydroxyl groups excluding tert-OH is 1. The van der Waals surface area contributed by atoms with E-state index >= 15 is 0 Å². The molecule has 2 nitrogen and oxygen atoms in total. The molecule has 13 heavy (non-hydrogen) atoms. The molecule has 2 unspecified atom stereocenters. The van der Waals surface area contributed by atoms with Gasteiger partial charge < -0.3 is 9.84 Å². The van der Waals surface area contributed by atoms with E-state index in [4.69, 9.17) is 9.84 Å². The zero-order valence-corrected chi connectivity index (χ0v) is 8.46. The number of aliphatic hydroxyl groups is 1. The quantitative estimate of drug-likeness (QED) is 0.535. The maximum Gasteiger partial charge on any atom is 0.0784 e. The van der Waals surface area contributed by atoms with Gasteiger partial charge in [-0.25, -0.2) is 0 Å². The van der Waals surface area contributed by atoms with Crippen molar-refractivity contribution < 1.29 is 9.84 Å². The summed E-state index contributed by atoms with van der Waals surface area (Å²) >= 11 is 0. The summed E-state index contributed by atoms with van der Waals surface area (Å²) in [5.74, 6) is 0.754. The third kappa shape index (κ3) is 3.49. The Morgan fingerprint density at radius 2 is 2.38 bits per heavy atom. The van der Waals surface area contributed by atoms with Crippen LogP contribution in [-0.4, -0.2) is 24.4 Å². The molecular formula is C11H20O2. The lowest BCUT2D eigenvalue weighted by molar-refractivity contribution is 0.0406. The van der Waals surface area contributed by atoms with Crippen molar-refractivity contribution in [2.75, 3.05) is 13.2 Å². The van der Waals surface area contributed by atoms with Crippen LogP contribution in [0.25, 0.3) is 0 Å². The maximum absolute atomic E-state index is 8.61. The topological polar surface area (TPSA) is 29.5 Å². The molecule has 0 saturated heterocycles. The van der Waals surface area contributed by atoms with E-state index in [1.165, 1.54) is 12.0 Å². The largest absolute Gasteiger partial charge is 0.396 e. The summed E-state index contributed by atoms with van der Waals surface area (Å²) in [6.45, 7) is 7.16. The lowest BCUT2D eigenvalue weighted by Crippen LogP contribution is -2.24. The molecule has 0 aromatic carbocycles. The minimum atomic E-state index is 0.217. The van der Waals surface area contributed by atoms with Crippen LogP contribution in [0.1, 0.15) is 32.6 Å². The van der Waals surface area contributed by atoms with Gasteiger partial charge in [-0.1, -0.05) is 13.5 Å². The van der Waals surface area contributed by atoms with Gasteiger partial charge in [-0.3, -0.25) is 0 Å². The van der Waals surface area contributed by atoms with Crippen LogP contribution in [0.4, 0.5) is 0 Å². The number of ether oxygens (including phenoxy) is 1. The van der Waals surface area contributed by atoms with Crippen molar-refractivity contribution in [1.82, 2.24) is 0 Å². The van der Waals surface area contributed by atoms with Crippen LogP contribution >= 0.6 is 0 Å². The summed E-state index contributed by atoms with van der Waals surface area (Å²) in [6, 6.07) is 0. The molecule has 1 N–H and O–H groups in total. The van der Waals surface area contributed by atoms with E-state index in [-0.39, 0.29) is 12.7 Å². The Morgan fingerprint density at radius 3 is 3.08 bits per heavy atom. The molecule has 0 aliphatic heterocycles. The number of hydrogen-bond acceptors (Lipinski definition) is 2. The lowest BCUT2D eigenvalue weighted by atomic mass is 9.85. The van der Waals surface area contributed by atoms with Crippen molar-refractivity contribution >= 4 is 0 Å². The maximum atomic E-state index is 8.61.